The van der Waals surface area contributed by atoms with Gasteiger partial charge in [-0.25, -0.2) is 17.5 Å². The zero-order chi connectivity index (χ0) is 15.3. The third-order valence-corrected chi connectivity index (χ3v) is 4.19. The quantitative estimate of drug-likeness (QED) is 0.580. The molecular formula is C11H15FN2O5S. The normalized spacial score (nSPS) is 13.2. The number of nitro groups is 1. The van der Waals surface area contributed by atoms with Crippen LogP contribution in [0.2, 0.25) is 0 Å². The minimum absolute atomic E-state index is 0.0715. The number of hydrogen-bond donors (Lipinski definition) is 2. The number of aliphatic hydroxyl groups excluding tert-OH is 1. The highest BCUT2D eigenvalue weighted by Crippen LogP contribution is 2.20. The van der Waals surface area contributed by atoms with E-state index in [4.69, 9.17) is 5.11 Å². The van der Waals surface area contributed by atoms with Gasteiger partial charge >= 0.3 is 0 Å². The van der Waals surface area contributed by atoms with E-state index < -0.39 is 37.4 Å². The molecule has 0 spiro atoms. The van der Waals surface area contributed by atoms with Crippen LogP contribution in [0.25, 0.3) is 0 Å². The smallest absolute Gasteiger partial charge is 0.272 e. The van der Waals surface area contributed by atoms with Crippen molar-refractivity contribution in [1.82, 2.24) is 4.72 Å². The first kappa shape index (κ1) is 16.5. The standard InChI is InChI=1S/C11H15FN2O5S/c1-8(3-2-6-15)13-20(18,19)11-5-4-9(14(16)17)7-10(11)12/h4-5,7-8,13,15H,2-3,6H2,1H3. The van der Waals surface area contributed by atoms with Crippen molar-refractivity contribution < 1.29 is 22.8 Å². The van der Waals surface area contributed by atoms with Crippen LogP contribution >= 0.6 is 0 Å². The van der Waals surface area contributed by atoms with Crippen LogP contribution in [-0.4, -0.2) is 31.1 Å². The van der Waals surface area contributed by atoms with E-state index in [2.05, 4.69) is 4.72 Å². The summed E-state index contributed by atoms with van der Waals surface area (Å²) in [7, 11) is -4.09. The summed E-state index contributed by atoms with van der Waals surface area (Å²) >= 11 is 0. The van der Waals surface area contributed by atoms with Crippen LogP contribution in [0, 0.1) is 15.9 Å². The zero-order valence-corrected chi connectivity index (χ0v) is 11.6. The van der Waals surface area contributed by atoms with Gasteiger partial charge < -0.3 is 5.11 Å². The molecule has 1 aromatic rings. The Morgan fingerprint density at radius 1 is 1.50 bits per heavy atom. The van der Waals surface area contributed by atoms with E-state index in [0.29, 0.717) is 18.9 Å². The van der Waals surface area contributed by atoms with Gasteiger partial charge in [-0.1, -0.05) is 0 Å². The minimum atomic E-state index is -4.09. The van der Waals surface area contributed by atoms with Crippen LogP contribution in [0.4, 0.5) is 10.1 Å². The number of sulfonamides is 1. The Labute approximate surface area is 115 Å². The van der Waals surface area contributed by atoms with Crippen molar-refractivity contribution in [1.29, 1.82) is 0 Å². The number of rotatable bonds is 7. The molecule has 9 heteroatoms. The largest absolute Gasteiger partial charge is 0.396 e. The number of nitro benzene ring substituents is 1. The molecule has 112 valence electrons. The molecule has 7 nitrogen and oxygen atoms in total. The lowest BCUT2D eigenvalue weighted by molar-refractivity contribution is -0.385. The van der Waals surface area contributed by atoms with Crippen LogP contribution in [0.15, 0.2) is 23.1 Å². The van der Waals surface area contributed by atoms with Crippen molar-refractivity contribution >= 4 is 15.7 Å². The fraction of sp³-hybridized carbons (Fsp3) is 0.455. The maximum atomic E-state index is 13.6. The predicted molar refractivity (Wildman–Crippen MR) is 69.2 cm³/mol. The maximum absolute atomic E-state index is 13.6. The van der Waals surface area contributed by atoms with Crippen molar-refractivity contribution in [3.05, 3.63) is 34.1 Å². The van der Waals surface area contributed by atoms with Crippen molar-refractivity contribution in [3.63, 3.8) is 0 Å². The number of nitrogens with one attached hydrogen (secondary N) is 1. The van der Waals surface area contributed by atoms with Crippen LogP contribution in [-0.2, 0) is 10.0 Å². The summed E-state index contributed by atoms with van der Waals surface area (Å²) in [4.78, 5) is 9.01. The van der Waals surface area contributed by atoms with E-state index in [1.54, 1.807) is 6.92 Å². The molecule has 0 aliphatic heterocycles. The minimum Gasteiger partial charge on any atom is -0.396 e. The summed E-state index contributed by atoms with van der Waals surface area (Å²) in [6.07, 6.45) is 0.802. The molecule has 0 aromatic heterocycles. The second-order valence-electron chi connectivity index (χ2n) is 4.26. The van der Waals surface area contributed by atoms with E-state index in [1.807, 2.05) is 0 Å². The van der Waals surface area contributed by atoms with Crippen molar-refractivity contribution in [2.75, 3.05) is 6.61 Å². The molecule has 1 aromatic carbocycles. The third kappa shape index (κ3) is 4.22. The predicted octanol–water partition coefficient (Wildman–Crippen LogP) is 1.17. The average molecular weight is 306 g/mol. The van der Waals surface area contributed by atoms with Gasteiger partial charge in [-0.3, -0.25) is 10.1 Å². The Bertz CT molecular complexity index is 590. The first-order valence-corrected chi connectivity index (χ1v) is 7.33. The highest BCUT2D eigenvalue weighted by Gasteiger charge is 2.23. The Hall–Kier alpha value is -1.58. The highest BCUT2D eigenvalue weighted by atomic mass is 32.2. The fourth-order valence-corrected chi connectivity index (χ4v) is 2.94. The number of halogens is 1. The Kier molecular flexibility index (Phi) is 5.54. The highest BCUT2D eigenvalue weighted by molar-refractivity contribution is 7.89. The summed E-state index contributed by atoms with van der Waals surface area (Å²) in [6, 6.07) is 1.86. The Balaban J connectivity index is 2.95. The third-order valence-electron chi connectivity index (χ3n) is 2.57. The molecular weight excluding hydrogens is 291 g/mol. The van der Waals surface area contributed by atoms with E-state index in [9.17, 15) is 22.9 Å². The molecule has 1 atom stereocenters. The molecule has 0 heterocycles. The van der Waals surface area contributed by atoms with Gasteiger partial charge in [0.2, 0.25) is 10.0 Å². The number of nitrogens with zero attached hydrogens (tertiary/aromatic N) is 1. The van der Waals surface area contributed by atoms with Crippen LogP contribution in [0.1, 0.15) is 19.8 Å². The topological polar surface area (TPSA) is 110 Å². The summed E-state index contributed by atoms with van der Waals surface area (Å²) in [6.45, 7) is 1.51. The summed E-state index contributed by atoms with van der Waals surface area (Å²) < 4.78 is 39.7. The number of hydrogen-bond acceptors (Lipinski definition) is 5. The van der Waals surface area contributed by atoms with E-state index in [1.165, 1.54) is 0 Å². The Morgan fingerprint density at radius 3 is 2.65 bits per heavy atom. The van der Waals surface area contributed by atoms with E-state index in [-0.39, 0.29) is 6.61 Å². The molecule has 0 fully saturated rings. The van der Waals surface area contributed by atoms with Gasteiger partial charge in [-0.2, -0.15) is 0 Å². The molecule has 0 bridgehead atoms. The summed E-state index contributed by atoms with van der Waals surface area (Å²) in [5.41, 5.74) is -0.519. The van der Waals surface area contributed by atoms with E-state index >= 15 is 0 Å². The SMILES string of the molecule is CC(CCCO)NS(=O)(=O)c1ccc([N+](=O)[O-])cc1F. The summed E-state index contributed by atoms with van der Waals surface area (Å²) in [5, 5.41) is 19.1. The van der Waals surface area contributed by atoms with Gasteiger partial charge in [0, 0.05) is 18.7 Å². The first-order chi connectivity index (χ1) is 9.27. The summed E-state index contributed by atoms with van der Waals surface area (Å²) in [5.74, 6) is -1.18. The van der Waals surface area contributed by atoms with Gasteiger partial charge in [0.05, 0.1) is 11.0 Å². The van der Waals surface area contributed by atoms with E-state index in [0.717, 1.165) is 12.1 Å². The van der Waals surface area contributed by atoms with Gasteiger partial charge in [0.25, 0.3) is 5.69 Å². The lowest BCUT2D eigenvalue weighted by Gasteiger charge is -2.13. The first-order valence-electron chi connectivity index (χ1n) is 5.85. The number of aliphatic hydroxyl groups is 1. The molecule has 0 saturated carbocycles. The van der Waals surface area contributed by atoms with Crippen molar-refractivity contribution in [3.8, 4) is 0 Å². The molecule has 0 aliphatic carbocycles. The fourth-order valence-electron chi connectivity index (χ4n) is 1.61. The lowest BCUT2D eigenvalue weighted by Crippen LogP contribution is -2.33. The molecule has 0 aliphatic rings. The monoisotopic (exact) mass is 306 g/mol. The molecule has 20 heavy (non-hydrogen) atoms. The molecule has 0 saturated heterocycles. The molecule has 2 N–H and O–H groups in total. The molecule has 1 unspecified atom stereocenters. The van der Waals surface area contributed by atoms with Gasteiger partial charge in [-0.15, -0.1) is 0 Å². The molecule has 1 rings (SSSR count). The average Bonchev–Trinajstić information content (AvgIpc) is 2.35. The maximum Gasteiger partial charge on any atom is 0.272 e. The van der Waals surface area contributed by atoms with Gasteiger partial charge in [0.15, 0.2) is 0 Å². The lowest BCUT2D eigenvalue weighted by atomic mass is 10.2. The Morgan fingerprint density at radius 2 is 2.15 bits per heavy atom. The van der Waals surface area contributed by atoms with Crippen LogP contribution in [0.5, 0.6) is 0 Å². The number of non-ortho nitro benzene ring substituents is 1. The van der Waals surface area contributed by atoms with Crippen molar-refractivity contribution in [2.24, 2.45) is 0 Å². The second kappa shape index (κ2) is 6.73. The number of benzene rings is 1. The van der Waals surface area contributed by atoms with Crippen molar-refractivity contribution in [2.45, 2.75) is 30.7 Å². The molecule has 0 radical (unpaired) electrons. The second-order valence-corrected chi connectivity index (χ2v) is 5.94. The van der Waals surface area contributed by atoms with Gasteiger partial charge in [-0.05, 0) is 25.8 Å². The van der Waals surface area contributed by atoms with Crippen LogP contribution in [0.3, 0.4) is 0 Å². The zero-order valence-electron chi connectivity index (χ0n) is 10.7. The molecule has 0 amide bonds. The van der Waals surface area contributed by atoms with Crippen LogP contribution < -0.4 is 4.72 Å². The van der Waals surface area contributed by atoms with Gasteiger partial charge in [0.1, 0.15) is 10.7 Å².